The molecule has 0 amide bonds. The van der Waals surface area contributed by atoms with E-state index in [1.165, 1.54) is 49.8 Å². The number of benzene rings is 2. The van der Waals surface area contributed by atoms with E-state index in [1.54, 1.807) is 17.5 Å². The van der Waals surface area contributed by atoms with Crippen molar-refractivity contribution in [3.63, 3.8) is 0 Å². The molecule has 1 heterocycles. The number of aromatic nitrogens is 1. The summed E-state index contributed by atoms with van der Waals surface area (Å²) >= 11 is 7.49. The molecule has 0 atom stereocenters. The smallest absolute Gasteiger partial charge is 0.338 e. The summed E-state index contributed by atoms with van der Waals surface area (Å²) in [7, 11) is 2.91. The van der Waals surface area contributed by atoms with E-state index in [2.05, 4.69) is 4.98 Å². The van der Waals surface area contributed by atoms with Gasteiger partial charge in [0.05, 0.1) is 30.5 Å². The first kappa shape index (κ1) is 19.1. The van der Waals surface area contributed by atoms with Crippen molar-refractivity contribution in [1.82, 2.24) is 4.98 Å². The average molecular weight is 408 g/mol. The molecule has 0 saturated heterocycles. The molecule has 0 aliphatic heterocycles. The zero-order valence-corrected chi connectivity index (χ0v) is 16.1. The summed E-state index contributed by atoms with van der Waals surface area (Å²) in [6, 6.07) is 8.99. The molecule has 27 heavy (non-hydrogen) atoms. The van der Waals surface area contributed by atoms with Gasteiger partial charge in [-0.1, -0.05) is 11.6 Å². The minimum Gasteiger partial charge on any atom is -0.493 e. The van der Waals surface area contributed by atoms with Gasteiger partial charge in [0, 0.05) is 10.9 Å². The minimum absolute atomic E-state index is 0.00247. The SMILES string of the molecule is COc1cc(C(=O)OCc2csc(-c3ccc(F)cc3)n2)cc(Cl)c1OC. The molecule has 3 rings (SSSR count). The summed E-state index contributed by atoms with van der Waals surface area (Å²) in [4.78, 5) is 16.7. The van der Waals surface area contributed by atoms with E-state index >= 15 is 0 Å². The van der Waals surface area contributed by atoms with E-state index in [4.69, 9.17) is 25.8 Å². The molecule has 0 saturated carbocycles. The van der Waals surface area contributed by atoms with Gasteiger partial charge in [-0.15, -0.1) is 11.3 Å². The van der Waals surface area contributed by atoms with Crippen molar-refractivity contribution in [2.24, 2.45) is 0 Å². The normalized spacial score (nSPS) is 10.5. The van der Waals surface area contributed by atoms with Gasteiger partial charge in [-0.2, -0.15) is 0 Å². The third kappa shape index (κ3) is 4.37. The number of ether oxygens (including phenoxy) is 3. The van der Waals surface area contributed by atoms with Crippen LogP contribution in [0.3, 0.4) is 0 Å². The first-order chi connectivity index (χ1) is 13.0. The second-order valence-corrected chi connectivity index (χ2v) is 6.69. The number of hydrogen-bond acceptors (Lipinski definition) is 6. The molecule has 140 valence electrons. The van der Waals surface area contributed by atoms with Crippen LogP contribution in [-0.4, -0.2) is 25.2 Å². The van der Waals surface area contributed by atoms with Gasteiger partial charge in [0.15, 0.2) is 11.5 Å². The second kappa shape index (κ2) is 8.37. The number of methoxy groups -OCH3 is 2. The molecule has 0 fully saturated rings. The Bertz CT molecular complexity index is 959. The predicted molar refractivity (Wildman–Crippen MR) is 101 cm³/mol. The van der Waals surface area contributed by atoms with Crippen molar-refractivity contribution >= 4 is 28.9 Å². The van der Waals surface area contributed by atoms with E-state index in [0.29, 0.717) is 17.2 Å². The van der Waals surface area contributed by atoms with Crippen molar-refractivity contribution in [3.05, 3.63) is 63.9 Å². The van der Waals surface area contributed by atoms with Crippen molar-refractivity contribution in [2.45, 2.75) is 6.61 Å². The molecule has 0 aliphatic carbocycles. The molecular weight excluding hydrogens is 393 g/mol. The van der Waals surface area contributed by atoms with E-state index in [9.17, 15) is 9.18 Å². The number of carbonyl (C=O) groups excluding carboxylic acids is 1. The van der Waals surface area contributed by atoms with Crippen LogP contribution in [0.2, 0.25) is 5.02 Å². The van der Waals surface area contributed by atoms with Gasteiger partial charge in [0.1, 0.15) is 17.4 Å². The minimum atomic E-state index is -0.561. The molecule has 0 unspecified atom stereocenters. The van der Waals surface area contributed by atoms with Crippen molar-refractivity contribution in [3.8, 4) is 22.1 Å². The quantitative estimate of drug-likeness (QED) is 0.539. The summed E-state index contributed by atoms with van der Waals surface area (Å²) in [5.41, 5.74) is 1.64. The zero-order chi connectivity index (χ0) is 19.4. The average Bonchev–Trinajstić information content (AvgIpc) is 3.15. The predicted octanol–water partition coefficient (Wildman–Crippen LogP) is 4.98. The molecule has 5 nitrogen and oxygen atoms in total. The summed E-state index contributed by atoms with van der Waals surface area (Å²) in [6.45, 7) is 0.00247. The van der Waals surface area contributed by atoms with Crippen LogP contribution in [0.25, 0.3) is 10.6 Å². The van der Waals surface area contributed by atoms with Gasteiger partial charge < -0.3 is 14.2 Å². The Morgan fingerprint density at radius 1 is 1.19 bits per heavy atom. The zero-order valence-electron chi connectivity index (χ0n) is 14.5. The molecule has 0 aliphatic rings. The largest absolute Gasteiger partial charge is 0.493 e. The molecule has 0 spiro atoms. The van der Waals surface area contributed by atoms with Crippen LogP contribution in [-0.2, 0) is 11.3 Å². The molecular formula is C19H15ClFNO4S. The summed E-state index contributed by atoms with van der Waals surface area (Å²) in [5.74, 6) is -0.185. The van der Waals surface area contributed by atoms with E-state index in [-0.39, 0.29) is 23.0 Å². The number of carbonyl (C=O) groups is 1. The lowest BCUT2D eigenvalue weighted by Crippen LogP contribution is -2.06. The number of rotatable bonds is 6. The highest BCUT2D eigenvalue weighted by molar-refractivity contribution is 7.13. The third-order valence-electron chi connectivity index (χ3n) is 3.66. The highest BCUT2D eigenvalue weighted by atomic mass is 35.5. The number of esters is 1. The highest BCUT2D eigenvalue weighted by Crippen LogP contribution is 2.36. The highest BCUT2D eigenvalue weighted by Gasteiger charge is 2.17. The molecule has 8 heteroatoms. The molecule has 3 aromatic rings. The first-order valence-corrected chi connectivity index (χ1v) is 9.06. The summed E-state index contributed by atoms with van der Waals surface area (Å²) in [5, 5.41) is 2.75. The van der Waals surface area contributed by atoms with Gasteiger partial charge in [0.25, 0.3) is 0 Å². The fourth-order valence-corrected chi connectivity index (χ4v) is 3.46. The van der Waals surface area contributed by atoms with Crippen molar-refractivity contribution < 1.29 is 23.4 Å². The lowest BCUT2D eigenvalue weighted by Gasteiger charge is -2.11. The van der Waals surface area contributed by atoms with E-state index in [1.807, 2.05) is 0 Å². The first-order valence-electron chi connectivity index (χ1n) is 7.80. The van der Waals surface area contributed by atoms with Crippen molar-refractivity contribution in [2.75, 3.05) is 14.2 Å². The maximum absolute atomic E-state index is 13.0. The Balaban J connectivity index is 1.69. The molecule has 0 bridgehead atoms. The number of halogens is 2. The van der Waals surface area contributed by atoms with Gasteiger partial charge in [-0.25, -0.2) is 14.2 Å². The topological polar surface area (TPSA) is 57.7 Å². The van der Waals surface area contributed by atoms with Crippen LogP contribution >= 0.6 is 22.9 Å². The van der Waals surface area contributed by atoms with Crippen LogP contribution in [0.1, 0.15) is 16.1 Å². The number of hydrogen-bond donors (Lipinski definition) is 0. The third-order valence-corrected chi connectivity index (χ3v) is 4.88. The van der Waals surface area contributed by atoms with Gasteiger partial charge >= 0.3 is 5.97 Å². The summed E-state index contributed by atoms with van der Waals surface area (Å²) in [6.07, 6.45) is 0. The van der Waals surface area contributed by atoms with Crippen LogP contribution in [0.5, 0.6) is 11.5 Å². The standard InChI is InChI=1S/C19H15ClFNO4S/c1-24-16-8-12(7-15(20)17(16)25-2)19(23)26-9-14-10-27-18(22-14)11-3-5-13(21)6-4-11/h3-8,10H,9H2,1-2H3. The Morgan fingerprint density at radius 2 is 1.93 bits per heavy atom. The Labute approximate surface area is 164 Å². The maximum atomic E-state index is 13.0. The molecule has 0 N–H and O–H groups in total. The van der Waals surface area contributed by atoms with Crippen molar-refractivity contribution in [1.29, 1.82) is 0 Å². The van der Waals surface area contributed by atoms with E-state index in [0.717, 1.165) is 10.6 Å². The molecule has 1 aromatic heterocycles. The fourth-order valence-electron chi connectivity index (χ4n) is 2.36. The summed E-state index contributed by atoms with van der Waals surface area (Å²) < 4.78 is 28.6. The lowest BCUT2D eigenvalue weighted by molar-refractivity contribution is 0.0468. The fraction of sp³-hybridized carbons (Fsp3) is 0.158. The number of nitrogens with zero attached hydrogens (tertiary/aromatic N) is 1. The molecule has 0 radical (unpaired) electrons. The number of thiazole rings is 1. The lowest BCUT2D eigenvalue weighted by atomic mass is 10.2. The Kier molecular flexibility index (Phi) is 5.93. The Hall–Kier alpha value is -2.64. The van der Waals surface area contributed by atoms with Crippen LogP contribution in [0.4, 0.5) is 4.39 Å². The monoisotopic (exact) mass is 407 g/mol. The van der Waals surface area contributed by atoms with Gasteiger partial charge in [-0.05, 0) is 36.4 Å². The maximum Gasteiger partial charge on any atom is 0.338 e. The van der Waals surface area contributed by atoms with Gasteiger partial charge in [0.2, 0.25) is 0 Å². The van der Waals surface area contributed by atoms with Crippen LogP contribution in [0, 0.1) is 5.82 Å². The Morgan fingerprint density at radius 3 is 2.59 bits per heavy atom. The van der Waals surface area contributed by atoms with Crippen LogP contribution < -0.4 is 9.47 Å². The second-order valence-electron chi connectivity index (χ2n) is 5.42. The molecule has 2 aromatic carbocycles. The van der Waals surface area contributed by atoms with E-state index < -0.39 is 5.97 Å². The van der Waals surface area contributed by atoms with Gasteiger partial charge in [-0.3, -0.25) is 0 Å². The van der Waals surface area contributed by atoms with Crippen LogP contribution in [0.15, 0.2) is 41.8 Å².